The van der Waals surface area contributed by atoms with Gasteiger partial charge in [-0.25, -0.2) is 0 Å². The molecule has 1 aliphatic heterocycles. The van der Waals surface area contributed by atoms with E-state index in [1.165, 1.54) is 40.9 Å². The summed E-state index contributed by atoms with van der Waals surface area (Å²) >= 11 is 0. The minimum atomic E-state index is 0.634. The van der Waals surface area contributed by atoms with Crippen LogP contribution >= 0.6 is 0 Å². The summed E-state index contributed by atoms with van der Waals surface area (Å²) in [5.41, 5.74) is 6.56. The smallest absolute Gasteiger partial charge is 0.0559 e. The highest BCUT2D eigenvalue weighted by atomic mass is 15.0. The highest BCUT2D eigenvalue weighted by Crippen LogP contribution is 2.38. The zero-order valence-corrected chi connectivity index (χ0v) is 14.1. The fraction of sp³-hybridized carbons (Fsp3) is 0.286. The van der Waals surface area contributed by atoms with E-state index in [0.29, 0.717) is 5.92 Å². The number of aromatic nitrogens is 2. The molecule has 0 aliphatic carbocycles. The molecule has 0 bridgehead atoms. The maximum atomic E-state index is 4.18. The highest BCUT2D eigenvalue weighted by molar-refractivity contribution is 5.82. The molecule has 0 unspecified atom stereocenters. The molecule has 1 N–H and O–H groups in total. The lowest BCUT2D eigenvalue weighted by Crippen LogP contribution is -2.27. The first-order valence-electron chi connectivity index (χ1n) is 8.71. The fourth-order valence-electron chi connectivity index (χ4n) is 3.83. The molecular weight excluding hydrogens is 294 g/mol. The van der Waals surface area contributed by atoms with Crippen LogP contribution in [-0.4, -0.2) is 22.6 Å². The average molecular weight is 317 g/mol. The topological polar surface area (TPSA) is 29.9 Å². The Morgan fingerprint density at radius 1 is 0.958 bits per heavy atom. The van der Waals surface area contributed by atoms with Gasteiger partial charge in [0.15, 0.2) is 0 Å². The van der Waals surface area contributed by atoms with Gasteiger partial charge in [0, 0.05) is 36.6 Å². The third kappa shape index (κ3) is 2.76. The third-order valence-corrected chi connectivity index (χ3v) is 5.07. The first kappa shape index (κ1) is 15.2. The van der Waals surface area contributed by atoms with E-state index < -0.39 is 0 Å². The maximum Gasteiger partial charge on any atom is 0.0559 e. The van der Waals surface area contributed by atoms with Gasteiger partial charge in [-0.1, -0.05) is 30.3 Å². The van der Waals surface area contributed by atoms with Crippen molar-refractivity contribution < 1.29 is 0 Å². The molecule has 0 atom stereocenters. The van der Waals surface area contributed by atoms with E-state index in [2.05, 4.69) is 70.4 Å². The van der Waals surface area contributed by atoms with Crippen LogP contribution < -0.4 is 5.32 Å². The van der Waals surface area contributed by atoms with Crippen molar-refractivity contribution in [2.45, 2.75) is 18.8 Å². The summed E-state index contributed by atoms with van der Waals surface area (Å²) in [4.78, 5) is 4.18. The van der Waals surface area contributed by atoms with Crippen molar-refractivity contribution in [3.05, 3.63) is 66.6 Å². The zero-order valence-electron chi connectivity index (χ0n) is 14.1. The summed E-state index contributed by atoms with van der Waals surface area (Å²) in [7, 11) is 2.21. The Hall–Kier alpha value is -2.39. The van der Waals surface area contributed by atoms with Crippen LogP contribution in [0.15, 0.2) is 60.9 Å². The quantitative estimate of drug-likeness (QED) is 0.784. The van der Waals surface area contributed by atoms with Gasteiger partial charge >= 0.3 is 0 Å². The van der Waals surface area contributed by atoms with E-state index in [4.69, 9.17) is 0 Å². The van der Waals surface area contributed by atoms with E-state index >= 15 is 0 Å². The Balaban J connectivity index is 1.88. The van der Waals surface area contributed by atoms with Crippen LogP contribution in [0.4, 0.5) is 0 Å². The first-order chi connectivity index (χ1) is 11.8. The lowest BCUT2D eigenvalue weighted by Gasteiger charge is -2.23. The van der Waals surface area contributed by atoms with E-state index in [1.54, 1.807) is 0 Å². The number of hydrogen-bond acceptors (Lipinski definition) is 2. The van der Waals surface area contributed by atoms with Gasteiger partial charge in [0.2, 0.25) is 0 Å². The summed E-state index contributed by atoms with van der Waals surface area (Å²) in [6.45, 7) is 2.22. The Kier molecular flexibility index (Phi) is 4.18. The van der Waals surface area contributed by atoms with E-state index in [1.807, 2.05) is 12.4 Å². The second kappa shape index (κ2) is 6.62. The van der Waals surface area contributed by atoms with Gasteiger partial charge < -0.3 is 9.88 Å². The number of nitrogens with zero attached hydrogens (tertiary/aromatic N) is 2. The molecule has 0 saturated carbocycles. The largest absolute Gasteiger partial charge is 0.347 e. The number of piperidine rings is 1. The van der Waals surface area contributed by atoms with Gasteiger partial charge in [0.25, 0.3) is 0 Å². The minimum Gasteiger partial charge on any atom is -0.347 e. The number of hydrogen-bond donors (Lipinski definition) is 1. The van der Waals surface area contributed by atoms with Gasteiger partial charge in [-0.15, -0.1) is 0 Å². The van der Waals surface area contributed by atoms with Crippen LogP contribution in [0.2, 0.25) is 0 Å². The molecule has 3 nitrogen and oxygen atoms in total. The standard InChI is InChI=1S/C21H23N3/c1-24-20(17-9-13-23-14-10-17)15-19(16-7-11-22-12-8-16)21(24)18-5-3-2-4-6-18/h2-8,11-12,15,17,23H,9-10,13-14H2,1H3. The molecule has 0 radical (unpaired) electrons. The molecular formula is C21H23N3. The lowest BCUT2D eigenvalue weighted by molar-refractivity contribution is 0.446. The van der Waals surface area contributed by atoms with Crippen molar-refractivity contribution in [3.63, 3.8) is 0 Å². The SMILES string of the molecule is Cn1c(C2CCNCC2)cc(-c2ccncc2)c1-c1ccccc1. The number of benzene rings is 1. The molecule has 1 saturated heterocycles. The number of pyridine rings is 1. The van der Waals surface area contributed by atoms with E-state index in [0.717, 1.165) is 13.1 Å². The Morgan fingerprint density at radius 3 is 2.38 bits per heavy atom. The summed E-state index contributed by atoms with van der Waals surface area (Å²) in [5, 5.41) is 3.47. The predicted molar refractivity (Wildman–Crippen MR) is 98.9 cm³/mol. The van der Waals surface area contributed by atoms with E-state index in [9.17, 15) is 0 Å². The van der Waals surface area contributed by atoms with Crippen LogP contribution in [0.5, 0.6) is 0 Å². The normalized spacial score (nSPS) is 15.5. The zero-order chi connectivity index (χ0) is 16.4. The monoisotopic (exact) mass is 317 g/mol. The summed E-state index contributed by atoms with van der Waals surface area (Å²) < 4.78 is 2.40. The molecule has 3 aromatic rings. The van der Waals surface area contributed by atoms with E-state index in [-0.39, 0.29) is 0 Å². The van der Waals surface area contributed by atoms with Crippen molar-refractivity contribution in [2.75, 3.05) is 13.1 Å². The Labute approximate surface area is 143 Å². The number of rotatable bonds is 3. The van der Waals surface area contributed by atoms with Crippen LogP contribution in [0, 0.1) is 0 Å². The average Bonchev–Trinajstić information content (AvgIpc) is 3.01. The van der Waals surface area contributed by atoms with Crippen LogP contribution in [0.1, 0.15) is 24.5 Å². The molecule has 1 aromatic carbocycles. The molecule has 1 fully saturated rings. The molecule has 1 aliphatic rings. The lowest BCUT2D eigenvalue weighted by atomic mass is 9.94. The van der Waals surface area contributed by atoms with Crippen LogP contribution in [0.25, 0.3) is 22.4 Å². The molecule has 2 aromatic heterocycles. The van der Waals surface area contributed by atoms with Gasteiger partial charge in [0.1, 0.15) is 0 Å². The van der Waals surface area contributed by atoms with Crippen molar-refractivity contribution in [1.82, 2.24) is 14.9 Å². The summed E-state index contributed by atoms with van der Waals surface area (Å²) in [6, 6.07) is 17.3. The second-order valence-corrected chi connectivity index (χ2v) is 6.52. The number of nitrogens with one attached hydrogen (secondary N) is 1. The summed E-state index contributed by atoms with van der Waals surface area (Å²) in [5.74, 6) is 0.634. The fourth-order valence-corrected chi connectivity index (χ4v) is 3.83. The minimum absolute atomic E-state index is 0.634. The first-order valence-corrected chi connectivity index (χ1v) is 8.71. The second-order valence-electron chi connectivity index (χ2n) is 6.52. The van der Waals surface area contributed by atoms with Crippen molar-refractivity contribution >= 4 is 0 Å². The maximum absolute atomic E-state index is 4.18. The van der Waals surface area contributed by atoms with Gasteiger partial charge in [-0.3, -0.25) is 4.98 Å². The molecule has 24 heavy (non-hydrogen) atoms. The molecule has 122 valence electrons. The Morgan fingerprint density at radius 2 is 1.67 bits per heavy atom. The van der Waals surface area contributed by atoms with Crippen molar-refractivity contribution in [2.24, 2.45) is 7.05 Å². The molecule has 0 amide bonds. The van der Waals surface area contributed by atoms with Crippen LogP contribution in [0.3, 0.4) is 0 Å². The van der Waals surface area contributed by atoms with Gasteiger partial charge in [-0.05, 0) is 55.3 Å². The third-order valence-electron chi connectivity index (χ3n) is 5.07. The van der Waals surface area contributed by atoms with Gasteiger partial charge in [0.05, 0.1) is 5.69 Å². The highest BCUT2D eigenvalue weighted by Gasteiger charge is 2.23. The van der Waals surface area contributed by atoms with Gasteiger partial charge in [-0.2, -0.15) is 0 Å². The molecule has 3 heterocycles. The van der Waals surface area contributed by atoms with Crippen molar-refractivity contribution in [3.8, 4) is 22.4 Å². The Bertz CT molecular complexity index is 800. The van der Waals surface area contributed by atoms with Crippen LogP contribution in [-0.2, 0) is 7.05 Å². The van der Waals surface area contributed by atoms with Crippen molar-refractivity contribution in [1.29, 1.82) is 0 Å². The summed E-state index contributed by atoms with van der Waals surface area (Å²) in [6.07, 6.45) is 6.17. The molecule has 4 rings (SSSR count). The molecule has 0 spiro atoms. The predicted octanol–water partition coefficient (Wildman–Crippen LogP) is 4.22. The molecule has 3 heteroatoms.